The Labute approximate surface area is 131 Å². The first-order chi connectivity index (χ1) is 9.80. The summed E-state index contributed by atoms with van der Waals surface area (Å²) in [6.45, 7) is 6.57. The van der Waals surface area contributed by atoms with Crippen LogP contribution in [0.15, 0.2) is 24.3 Å². The largest absolute Gasteiger partial charge is 0.393 e. The lowest BCUT2D eigenvalue weighted by Gasteiger charge is -2.26. The van der Waals surface area contributed by atoms with E-state index in [1.807, 2.05) is 32.0 Å². The Balaban J connectivity index is 2.27. The van der Waals surface area contributed by atoms with Gasteiger partial charge in [-0.2, -0.15) is 0 Å². The van der Waals surface area contributed by atoms with Crippen molar-refractivity contribution in [3.8, 4) is 0 Å². The highest BCUT2D eigenvalue weighted by molar-refractivity contribution is 6.31. The number of aliphatic hydroxyl groups is 1. The number of nitrogens with one attached hydrogen (secondary N) is 1. The van der Waals surface area contributed by atoms with Gasteiger partial charge in [0.1, 0.15) is 6.61 Å². The summed E-state index contributed by atoms with van der Waals surface area (Å²) in [5.74, 6) is -0.166. The molecule has 1 atom stereocenters. The van der Waals surface area contributed by atoms with Gasteiger partial charge in [0.05, 0.1) is 12.7 Å². The summed E-state index contributed by atoms with van der Waals surface area (Å²) in [5.41, 5.74) is 0.716. The van der Waals surface area contributed by atoms with Crippen molar-refractivity contribution in [3.63, 3.8) is 0 Å². The molecule has 1 aromatic rings. The highest BCUT2D eigenvalue weighted by Gasteiger charge is 2.21. The van der Waals surface area contributed by atoms with E-state index in [1.165, 1.54) is 0 Å². The third-order valence-corrected chi connectivity index (χ3v) is 3.43. The van der Waals surface area contributed by atoms with E-state index in [9.17, 15) is 9.90 Å². The first-order valence-corrected chi connectivity index (χ1v) is 7.44. The van der Waals surface area contributed by atoms with Crippen LogP contribution in [0, 0.1) is 5.41 Å². The second kappa shape index (κ2) is 8.37. The summed E-state index contributed by atoms with van der Waals surface area (Å²) < 4.78 is 5.36. The molecule has 0 aliphatic rings. The zero-order valence-electron chi connectivity index (χ0n) is 12.9. The molecule has 0 bridgehead atoms. The Morgan fingerprint density at radius 3 is 2.71 bits per heavy atom. The predicted molar refractivity (Wildman–Crippen MR) is 84.2 cm³/mol. The minimum atomic E-state index is -0.381. The Morgan fingerprint density at radius 2 is 2.10 bits per heavy atom. The number of halogens is 1. The summed E-state index contributed by atoms with van der Waals surface area (Å²) in [6, 6.07) is 7.39. The van der Waals surface area contributed by atoms with Crippen molar-refractivity contribution in [2.24, 2.45) is 5.41 Å². The highest BCUT2D eigenvalue weighted by Crippen LogP contribution is 2.21. The minimum absolute atomic E-state index is 0.00399. The number of carbonyl (C=O) groups is 1. The van der Waals surface area contributed by atoms with Gasteiger partial charge in [-0.25, -0.2) is 0 Å². The molecule has 1 aromatic carbocycles. The van der Waals surface area contributed by atoms with E-state index in [0.717, 1.165) is 5.56 Å². The molecule has 4 nitrogen and oxygen atoms in total. The maximum absolute atomic E-state index is 11.7. The molecule has 0 fully saturated rings. The van der Waals surface area contributed by atoms with Crippen LogP contribution in [0.4, 0.5) is 0 Å². The molecule has 0 aliphatic heterocycles. The van der Waals surface area contributed by atoms with Gasteiger partial charge in [-0.1, -0.05) is 43.6 Å². The number of aliphatic hydroxyl groups excluding tert-OH is 1. The van der Waals surface area contributed by atoms with Gasteiger partial charge in [-0.15, -0.1) is 0 Å². The maximum Gasteiger partial charge on any atom is 0.246 e. The third kappa shape index (κ3) is 7.46. The maximum atomic E-state index is 11.7. The molecule has 1 rings (SSSR count). The molecule has 0 aromatic heterocycles. The zero-order valence-corrected chi connectivity index (χ0v) is 13.6. The average molecular weight is 314 g/mol. The van der Waals surface area contributed by atoms with Crippen molar-refractivity contribution in [1.82, 2.24) is 5.32 Å². The molecule has 21 heavy (non-hydrogen) atoms. The second-order valence-corrected chi connectivity index (χ2v) is 6.49. The SMILES string of the molecule is CC(O)CC(C)(C)CNC(=O)COCc1ccccc1Cl. The monoisotopic (exact) mass is 313 g/mol. The quantitative estimate of drug-likeness (QED) is 0.776. The van der Waals surface area contributed by atoms with E-state index in [0.29, 0.717) is 24.6 Å². The molecular weight excluding hydrogens is 290 g/mol. The number of hydrogen-bond donors (Lipinski definition) is 2. The molecule has 118 valence electrons. The molecule has 1 unspecified atom stereocenters. The van der Waals surface area contributed by atoms with Crippen LogP contribution in [0.2, 0.25) is 5.02 Å². The van der Waals surface area contributed by atoms with Crippen LogP contribution in [-0.2, 0) is 16.1 Å². The smallest absolute Gasteiger partial charge is 0.246 e. The van der Waals surface area contributed by atoms with Crippen LogP contribution in [-0.4, -0.2) is 30.3 Å². The van der Waals surface area contributed by atoms with Crippen LogP contribution >= 0.6 is 11.6 Å². The first kappa shape index (κ1) is 18.0. The van der Waals surface area contributed by atoms with Gasteiger partial charge in [0.15, 0.2) is 0 Å². The van der Waals surface area contributed by atoms with Crippen LogP contribution < -0.4 is 5.32 Å². The molecule has 1 amide bonds. The number of ether oxygens (including phenoxy) is 1. The Hall–Kier alpha value is -1.10. The van der Waals surface area contributed by atoms with E-state index in [-0.39, 0.29) is 24.0 Å². The van der Waals surface area contributed by atoms with Gasteiger partial charge >= 0.3 is 0 Å². The summed E-state index contributed by atoms with van der Waals surface area (Å²) >= 11 is 6.00. The normalized spacial score (nSPS) is 13.0. The van der Waals surface area contributed by atoms with E-state index < -0.39 is 0 Å². The average Bonchev–Trinajstić information content (AvgIpc) is 2.37. The number of carbonyl (C=O) groups excluding carboxylic acids is 1. The van der Waals surface area contributed by atoms with Gasteiger partial charge in [0, 0.05) is 11.6 Å². The van der Waals surface area contributed by atoms with Gasteiger partial charge in [-0.05, 0) is 30.4 Å². The van der Waals surface area contributed by atoms with Crippen molar-refractivity contribution in [3.05, 3.63) is 34.9 Å². The number of benzene rings is 1. The van der Waals surface area contributed by atoms with Crippen molar-refractivity contribution < 1.29 is 14.6 Å². The lowest BCUT2D eigenvalue weighted by molar-refractivity contribution is -0.126. The van der Waals surface area contributed by atoms with Gasteiger partial charge in [0.2, 0.25) is 5.91 Å². The molecule has 5 heteroatoms. The molecular formula is C16H24ClNO3. The number of rotatable bonds is 8. The van der Waals surface area contributed by atoms with E-state index in [4.69, 9.17) is 16.3 Å². The van der Waals surface area contributed by atoms with Crippen LogP contribution in [0.3, 0.4) is 0 Å². The number of amides is 1. The van der Waals surface area contributed by atoms with Crippen molar-refractivity contribution in [2.75, 3.05) is 13.2 Å². The van der Waals surface area contributed by atoms with Crippen LogP contribution in [0.5, 0.6) is 0 Å². The minimum Gasteiger partial charge on any atom is -0.393 e. The lowest BCUT2D eigenvalue weighted by Crippen LogP contribution is -2.37. The van der Waals surface area contributed by atoms with Crippen LogP contribution in [0.1, 0.15) is 32.8 Å². The summed E-state index contributed by atoms with van der Waals surface area (Å²) in [7, 11) is 0. The molecule has 0 spiro atoms. The zero-order chi connectivity index (χ0) is 15.9. The fraction of sp³-hybridized carbons (Fsp3) is 0.562. The standard InChI is InChI=1S/C16H24ClNO3/c1-12(19)8-16(2,3)11-18-15(20)10-21-9-13-6-4-5-7-14(13)17/h4-7,12,19H,8-11H2,1-3H3,(H,18,20). The van der Waals surface area contributed by atoms with Gasteiger partial charge in [-0.3, -0.25) is 4.79 Å². The van der Waals surface area contributed by atoms with E-state index in [1.54, 1.807) is 13.0 Å². The summed E-state index contributed by atoms with van der Waals surface area (Å²) in [4.78, 5) is 11.7. The van der Waals surface area contributed by atoms with Crippen LogP contribution in [0.25, 0.3) is 0 Å². The van der Waals surface area contributed by atoms with Crippen molar-refractivity contribution in [1.29, 1.82) is 0 Å². The Bertz CT molecular complexity index is 461. The first-order valence-electron chi connectivity index (χ1n) is 7.06. The second-order valence-electron chi connectivity index (χ2n) is 6.08. The predicted octanol–water partition coefficient (Wildman–Crippen LogP) is 2.77. The van der Waals surface area contributed by atoms with E-state index in [2.05, 4.69) is 5.32 Å². The highest BCUT2D eigenvalue weighted by atomic mass is 35.5. The fourth-order valence-corrected chi connectivity index (χ4v) is 2.32. The van der Waals surface area contributed by atoms with Crippen molar-refractivity contribution >= 4 is 17.5 Å². The third-order valence-electron chi connectivity index (χ3n) is 3.06. The molecule has 0 radical (unpaired) electrons. The molecule has 0 heterocycles. The lowest BCUT2D eigenvalue weighted by atomic mass is 9.87. The Morgan fingerprint density at radius 1 is 1.43 bits per heavy atom. The summed E-state index contributed by atoms with van der Waals surface area (Å²) in [6.07, 6.45) is 0.252. The van der Waals surface area contributed by atoms with E-state index >= 15 is 0 Å². The molecule has 2 N–H and O–H groups in total. The topological polar surface area (TPSA) is 58.6 Å². The molecule has 0 saturated heterocycles. The molecule has 0 aliphatic carbocycles. The Kier molecular flexibility index (Phi) is 7.15. The number of hydrogen-bond acceptors (Lipinski definition) is 3. The van der Waals surface area contributed by atoms with Crippen molar-refractivity contribution in [2.45, 2.75) is 39.9 Å². The summed E-state index contributed by atoms with van der Waals surface area (Å²) in [5, 5.41) is 12.9. The van der Waals surface area contributed by atoms with Gasteiger partial charge in [0.25, 0.3) is 0 Å². The van der Waals surface area contributed by atoms with Gasteiger partial charge < -0.3 is 15.2 Å². The molecule has 0 saturated carbocycles. The fourth-order valence-electron chi connectivity index (χ4n) is 2.13.